The summed E-state index contributed by atoms with van der Waals surface area (Å²) in [4.78, 5) is 8.52. The molecule has 0 bridgehead atoms. The molecule has 98 valence electrons. The van der Waals surface area contributed by atoms with Gasteiger partial charge < -0.3 is 14.7 Å². The number of hydrogen-bond donors (Lipinski definition) is 1. The number of hydrogen-bond acceptors (Lipinski definition) is 6. The van der Waals surface area contributed by atoms with Crippen LogP contribution in [0.2, 0.25) is 0 Å². The minimum Gasteiger partial charge on any atom is -0.449 e. The standard InChI is InChI=1S/C12H18N4O2/c1-6(2)10(7(3)13)12-15-11(16-18-12)9-5-17-8(4)14-9/h5-7,10H,13H2,1-4H3. The molecule has 2 atom stereocenters. The molecule has 2 rings (SSSR count). The molecule has 2 aromatic heterocycles. The van der Waals surface area contributed by atoms with Crippen LogP contribution in [0.5, 0.6) is 0 Å². The lowest BCUT2D eigenvalue weighted by Gasteiger charge is -2.20. The molecule has 0 aliphatic heterocycles. The number of nitrogens with two attached hydrogens (primary N) is 1. The summed E-state index contributed by atoms with van der Waals surface area (Å²) in [6.45, 7) is 7.87. The van der Waals surface area contributed by atoms with Gasteiger partial charge in [0, 0.05) is 13.0 Å². The highest BCUT2D eigenvalue weighted by Crippen LogP contribution is 2.27. The third-order valence-corrected chi connectivity index (χ3v) is 2.86. The number of aryl methyl sites for hydroxylation is 1. The molecule has 0 aromatic carbocycles. The molecule has 0 amide bonds. The molecule has 6 nitrogen and oxygen atoms in total. The summed E-state index contributed by atoms with van der Waals surface area (Å²) in [5, 5.41) is 3.92. The Morgan fingerprint density at radius 3 is 2.44 bits per heavy atom. The molecule has 6 heteroatoms. The summed E-state index contributed by atoms with van der Waals surface area (Å²) < 4.78 is 10.4. The molecule has 0 aliphatic carbocycles. The second-order valence-corrected chi connectivity index (χ2v) is 4.84. The van der Waals surface area contributed by atoms with Crippen molar-refractivity contribution in [1.82, 2.24) is 15.1 Å². The van der Waals surface area contributed by atoms with Crippen LogP contribution in [0.3, 0.4) is 0 Å². The summed E-state index contributed by atoms with van der Waals surface area (Å²) in [6, 6.07) is -0.0441. The molecule has 0 fully saturated rings. The summed E-state index contributed by atoms with van der Waals surface area (Å²) >= 11 is 0. The number of aromatic nitrogens is 3. The van der Waals surface area contributed by atoms with Crippen molar-refractivity contribution in [3.8, 4) is 11.5 Å². The average Bonchev–Trinajstić information content (AvgIpc) is 2.85. The highest BCUT2D eigenvalue weighted by molar-refractivity contribution is 5.45. The monoisotopic (exact) mass is 250 g/mol. The SMILES string of the molecule is Cc1nc(-c2noc(C(C(C)C)C(C)N)n2)co1. The molecule has 2 aromatic rings. The first-order valence-corrected chi connectivity index (χ1v) is 6.00. The van der Waals surface area contributed by atoms with Crippen molar-refractivity contribution in [3.63, 3.8) is 0 Å². The maximum absolute atomic E-state index is 5.96. The molecule has 0 aliphatic rings. The Bertz CT molecular complexity index is 508. The van der Waals surface area contributed by atoms with Gasteiger partial charge in [0.05, 0.1) is 5.92 Å². The number of oxazole rings is 1. The number of nitrogens with zero attached hydrogens (tertiary/aromatic N) is 3. The predicted molar refractivity (Wildman–Crippen MR) is 65.8 cm³/mol. The molecule has 0 saturated heterocycles. The lowest BCUT2D eigenvalue weighted by Crippen LogP contribution is -2.28. The maximum Gasteiger partial charge on any atom is 0.231 e. The Hall–Kier alpha value is -1.69. The van der Waals surface area contributed by atoms with Gasteiger partial charge in [0.25, 0.3) is 0 Å². The highest BCUT2D eigenvalue weighted by Gasteiger charge is 2.26. The summed E-state index contributed by atoms with van der Waals surface area (Å²) in [5.41, 5.74) is 6.54. The van der Waals surface area contributed by atoms with Gasteiger partial charge in [-0.3, -0.25) is 0 Å². The molecule has 2 heterocycles. The molecular weight excluding hydrogens is 232 g/mol. The van der Waals surface area contributed by atoms with Crippen molar-refractivity contribution in [2.75, 3.05) is 0 Å². The van der Waals surface area contributed by atoms with E-state index < -0.39 is 0 Å². The molecule has 2 unspecified atom stereocenters. The van der Waals surface area contributed by atoms with E-state index in [1.807, 2.05) is 6.92 Å². The maximum atomic E-state index is 5.96. The minimum absolute atomic E-state index is 0.0410. The number of rotatable bonds is 4. The zero-order valence-electron chi connectivity index (χ0n) is 11.0. The van der Waals surface area contributed by atoms with Crippen LogP contribution in [0, 0.1) is 12.8 Å². The van der Waals surface area contributed by atoms with Crippen molar-refractivity contribution in [3.05, 3.63) is 18.0 Å². The normalized spacial score (nSPS) is 15.0. The van der Waals surface area contributed by atoms with E-state index in [1.54, 1.807) is 6.92 Å². The fraction of sp³-hybridized carbons (Fsp3) is 0.583. The Morgan fingerprint density at radius 1 is 1.22 bits per heavy atom. The van der Waals surface area contributed by atoms with E-state index >= 15 is 0 Å². The highest BCUT2D eigenvalue weighted by atomic mass is 16.5. The van der Waals surface area contributed by atoms with Gasteiger partial charge in [0.15, 0.2) is 5.89 Å². The van der Waals surface area contributed by atoms with Crippen LogP contribution in [0.4, 0.5) is 0 Å². The predicted octanol–water partition coefficient (Wildman–Crippen LogP) is 2.12. The van der Waals surface area contributed by atoms with E-state index in [-0.39, 0.29) is 12.0 Å². The van der Waals surface area contributed by atoms with Crippen LogP contribution in [0.1, 0.15) is 38.5 Å². The largest absolute Gasteiger partial charge is 0.449 e. The average molecular weight is 250 g/mol. The fourth-order valence-electron chi connectivity index (χ4n) is 2.06. The van der Waals surface area contributed by atoms with E-state index in [2.05, 4.69) is 29.0 Å². The Balaban J connectivity index is 2.29. The van der Waals surface area contributed by atoms with Crippen molar-refractivity contribution in [2.45, 2.75) is 39.7 Å². The molecular formula is C12H18N4O2. The lowest BCUT2D eigenvalue weighted by atomic mass is 9.90. The lowest BCUT2D eigenvalue weighted by molar-refractivity contribution is 0.300. The molecule has 0 spiro atoms. The minimum atomic E-state index is -0.0441. The van der Waals surface area contributed by atoms with Crippen LogP contribution >= 0.6 is 0 Å². The van der Waals surface area contributed by atoms with Crippen molar-refractivity contribution in [2.24, 2.45) is 11.7 Å². The smallest absolute Gasteiger partial charge is 0.231 e. The van der Waals surface area contributed by atoms with E-state index in [4.69, 9.17) is 14.7 Å². The Labute approximate surface area is 106 Å². The van der Waals surface area contributed by atoms with Gasteiger partial charge in [0.1, 0.15) is 12.0 Å². The molecule has 0 radical (unpaired) electrons. The second-order valence-electron chi connectivity index (χ2n) is 4.84. The molecule has 0 saturated carbocycles. The topological polar surface area (TPSA) is 91.0 Å². The zero-order valence-corrected chi connectivity index (χ0v) is 11.0. The third kappa shape index (κ3) is 2.43. The van der Waals surface area contributed by atoms with Crippen LogP contribution in [-0.2, 0) is 0 Å². The van der Waals surface area contributed by atoms with E-state index in [0.717, 1.165) is 0 Å². The Kier molecular flexibility index (Phi) is 3.47. The van der Waals surface area contributed by atoms with Gasteiger partial charge in [-0.1, -0.05) is 19.0 Å². The van der Waals surface area contributed by atoms with Crippen LogP contribution in [-0.4, -0.2) is 21.2 Å². The molecule has 2 N–H and O–H groups in total. The van der Waals surface area contributed by atoms with Gasteiger partial charge in [-0.25, -0.2) is 4.98 Å². The van der Waals surface area contributed by atoms with Crippen molar-refractivity contribution < 1.29 is 8.94 Å². The zero-order chi connectivity index (χ0) is 13.3. The van der Waals surface area contributed by atoms with Crippen molar-refractivity contribution >= 4 is 0 Å². The first-order valence-electron chi connectivity index (χ1n) is 6.00. The third-order valence-electron chi connectivity index (χ3n) is 2.86. The van der Waals surface area contributed by atoms with E-state index in [1.165, 1.54) is 6.26 Å². The van der Waals surface area contributed by atoms with E-state index in [9.17, 15) is 0 Å². The second kappa shape index (κ2) is 4.89. The first kappa shape index (κ1) is 12.8. The van der Waals surface area contributed by atoms with Crippen LogP contribution < -0.4 is 5.73 Å². The van der Waals surface area contributed by atoms with Gasteiger partial charge in [-0.2, -0.15) is 4.98 Å². The van der Waals surface area contributed by atoms with Gasteiger partial charge in [0.2, 0.25) is 11.7 Å². The van der Waals surface area contributed by atoms with Gasteiger partial charge in [-0.05, 0) is 12.8 Å². The van der Waals surface area contributed by atoms with Gasteiger partial charge >= 0.3 is 0 Å². The fourth-order valence-corrected chi connectivity index (χ4v) is 2.06. The molecule has 18 heavy (non-hydrogen) atoms. The summed E-state index contributed by atoms with van der Waals surface area (Å²) in [6.07, 6.45) is 1.51. The van der Waals surface area contributed by atoms with E-state index in [0.29, 0.717) is 29.2 Å². The Morgan fingerprint density at radius 2 is 1.94 bits per heavy atom. The van der Waals surface area contributed by atoms with Crippen molar-refractivity contribution in [1.29, 1.82) is 0 Å². The van der Waals surface area contributed by atoms with Gasteiger partial charge in [-0.15, -0.1) is 0 Å². The first-order chi connectivity index (χ1) is 8.49. The quantitative estimate of drug-likeness (QED) is 0.893. The van der Waals surface area contributed by atoms with Crippen LogP contribution in [0.15, 0.2) is 15.2 Å². The summed E-state index contributed by atoms with van der Waals surface area (Å²) in [7, 11) is 0. The summed E-state index contributed by atoms with van der Waals surface area (Å²) in [5.74, 6) is 1.93. The van der Waals surface area contributed by atoms with Crippen LogP contribution in [0.25, 0.3) is 11.5 Å².